The largest absolute Gasteiger partial charge is 0.508 e. The smallest absolute Gasteiger partial charge is 0.227 e. The molecule has 1 aliphatic heterocycles. The second kappa shape index (κ2) is 5.38. The number of hydrogen-bond acceptors (Lipinski definition) is 3. The lowest BCUT2D eigenvalue weighted by Crippen LogP contribution is -2.28. The van der Waals surface area contributed by atoms with E-state index < -0.39 is 0 Å². The number of halogens is 1. The first-order valence-corrected chi connectivity index (χ1v) is 5.92. The topological polar surface area (TPSA) is 58.6 Å². The summed E-state index contributed by atoms with van der Waals surface area (Å²) in [6.07, 6.45) is 1.48. The zero-order valence-electron chi connectivity index (χ0n) is 9.28. The number of ether oxygens (including phenoxy) is 1. The molecule has 2 N–H and O–H groups in total. The van der Waals surface area contributed by atoms with Crippen LogP contribution in [-0.2, 0) is 9.53 Å². The third-order valence-corrected chi connectivity index (χ3v) is 3.12. The molecule has 1 aliphatic rings. The first-order valence-electron chi connectivity index (χ1n) is 5.54. The Morgan fingerprint density at radius 3 is 2.76 bits per heavy atom. The van der Waals surface area contributed by atoms with Crippen molar-refractivity contribution in [3.8, 4) is 5.75 Å². The molecule has 0 atom stereocenters. The van der Waals surface area contributed by atoms with Crippen LogP contribution in [0.2, 0.25) is 5.02 Å². The van der Waals surface area contributed by atoms with Gasteiger partial charge in [-0.1, -0.05) is 11.6 Å². The van der Waals surface area contributed by atoms with Crippen LogP contribution in [0.4, 0.5) is 5.69 Å². The van der Waals surface area contributed by atoms with Crippen molar-refractivity contribution in [1.29, 1.82) is 0 Å². The van der Waals surface area contributed by atoms with Crippen LogP contribution in [0.5, 0.6) is 5.75 Å². The minimum atomic E-state index is -0.0408. The van der Waals surface area contributed by atoms with Gasteiger partial charge in [0.05, 0.1) is 10.7 Å². The molecule has 0 spiro atoms. The number of benzene rings is 1. The van der Waals surface area contributed by atoms with Gasteiger partial charge in [-0.05, 0) is 25.0 Å². The van der Waals surface area contributed by atoms with Crippen LogP contribution in [0.15, 0.2) is 18.2 Å². The van der Waals surface area contributed by atoms with Gasteiger partial charge < -0.3 is 15.2 Å². The molecule has 0 radical (unpaired) electrons. The zero-order chi connectivity index (χ0) is 12.3. The monoisotopic (exact) mass is 255 g/mol. The summed E-state index contributed by atoms with van der Waals surface area (Å²) >= 11 is 5.91. The molecule has 1 amide bonds. The Labute approximate surface area is 105 Å². The molecule has 1 saturated heterocycles. The highest BCUT2D eigenvalue weighted by Crippen LogP contribution is 2.27. The lowest BCUT2D eigenvalue weighted by atomic mass is 9.99. The molecule has 17 heavy (non-hydrogen) atoms. The van der Waals surface area contributed by atoms with Gasteiger partial charge in [-0.25, -0.2) is 0 Å². The van der Waals surface area contributed by atoms with Gasteiger partial charge in [-0.15, -0.1) is 0 Å². The molecule has 0 unspecified atom stereocenters. The van der Waals surface area contributed by atoms with E-state index in [1.54, 1.807) is 6.07 Å². The maximum atomic E-state index is 11.9. The summed E-state index contributed by atoms with van der Waals surface area (Å²) < 4.78 is 5.20. The van der Waals surface area contributed by atoms with E-state index in [0.29, 0.717) is 23.9 Å². The van der Waals surface area contributed by atoms with Crippen molar-refractivity contribution < 1.29 is 14.6 Å². The summed E-state index contributed by atoms with van der Waals surface area (Å²) in [5, 5.41) is 12.3. The Balaban J connectivity index is 2.02. The van der Waals surface area contributed by atoms with E-state index in [4.69, 9.17) is 16.3 Å². The van der Waals surface area contributed by atoms with Gasteiger partial charge in [0.25, 0.3) is 0 Å². The average molecular weight is 256 g/mol. The number of aromatic hydroxyl groups is 1. The van der Waals surface area contributed by atoms with Gasteiger partial charge in [0.15, 0.2) is 0 Å². The van der Waals surface area contributed by atoms with Crippen LogP contribution >= 0.6 is 11.6 Å². The van der Waals surface area contributed by atoms with Gasteiger partial charge in [-0.3, -0.25) is 4.79 Å². The summed E-state index contributed by atoms with van der Waals surface area (Å²) in [5.41, 5.74) is 0.529. The number of amides is 1. The Morgan fingerprint density at radius 2 is 2.12 bits per heavy atom. The van der Waals surface area contributed by atoms with E-state index in [2.05, 4.69) is 5.32 Å². The predicted octanol–water partition coefficient (Wildman–Crippen LogP) is 2.41. The van der Waals surface area contributed by atoms with Crippen molar-refractivity contribution in [1.82, 2.24) is 0 Å². The first kappa shape index (κ1) is 12.2. The Hall–Kier alpha value is -1.26. The Morgan fingerprint density at radius 1 is 1.41 bits per heavy atom. The molecule has 0 bridgehead atoms. The van der Waals surface area contributed by atoms with E-state index >= 15 is 0 Å². The van der Waals surface area contributed by atoms with Crippen LogP contribution in [0.3, 0.4) is 0 Å². The van der Waals surface area contributed by atoms with E-state index in [9.17, 15) is 9.90 Å². The van der Waals surface area contributed by atoms with Gasteiger partial charge in [0.1, 0.15) is 5.75 Å². The van der Waals surface area contributed by atoms with Crippen LogP contribution in [0.25, 0.3) is 0 Å². The van der Waals surface area contributed by atoms with Gasteiger partial charge in [-0.2, -0.15) is 0 Å². The summed E-state index contributed by atoms with van der Waals surface area (Å²) in [6, 6.07) is 4.49. The fraction of sp³-hybridized carbons (Fsp3) is 0.417. The number of phenols is 1. The first-order chi connectivity index (χ1) is 8.16. The van der Waals surface area contributed by atoms with Crippen molar-refractivity contribution in [2.45, 2.75) is 12.8 Å². The highest BCUT2D eigenvalue weighted by atomic mass is 35.5. The second-order valence-corrected chi connectivity index (χ2v) is 4.45. The molecule has 2 rings (SSSR count). The number of carbonyl (C=O) groups excluding carboxylic acids is 1. The average Bonchev–Trinajstić information content (AvgIpc) is 2.34. The molecule has 0 aliphatic carbocycles. The Kier molecular flexibility index (Phi) is 3.86. The molecule has 4 nitrogen and oxygen atoms in total. The highest BCUT2D eigenvalue weighted by molar-refractivity contribution is 6.33. The molecular weight excluding hydrogens is 242 g/mol. The van der Waals surface area contributed by atoms with Crippen molar-refractivity contribution >= 4 is 23.2 Å². The van der Waals surface area contributed by atoms with Gasteiger partial charge in [0, 0.05) is 25.2 Å². The number of anilines is 1. The summed E-state index contributed by atoms with van der Waals surface area (Å²) in [4.78, 5) is 11.9. The lowest BCUT2D eigenvalue weighted by molar-refractivity contribution is -0.122. The summed E-state index contributed by atoms with van der Waals surface area (Å²) in [6.45, 7) is 1.25. The molecule has 5 heteroatoms. The number of hydrogen-bond donors (Lipinski definition) is 2. The minimum absolute atomic E-state index is 0.0198. The summed E-state index contributed by atoms with van der Waals surface area (Å²) in [5.74, 6) is 0.0218. The minimum Gasteiger partial charge on any atom is -0.508 e. The summed E-state index contributed by atoms with van der Waals surface area (Å²) in [7, 11) is 0. The van der Waals surface area contributed by atoms with Crippen LogP contribution in [0.1, 0.15) is 12.8 Å². The molecule has 92 valence electrons. The molecule has 1 fully saturated rings. The van der Waals surface area contributed by atoms with Crippen molar-refractivity contribution in [2.75, 3.05) is 18.5 Å². The van der Waals surface area contributed by atoms with E-state index in [1.165, 1.54) is 12.1 Å². The van der Waals surface area contributed by atoms with E-state index in [-0.39, 0.29) is 17.6 Å². The Bertz CT molecular complexity index is 416. The third kappa shape index (κ3) is 3.11. The van der Waals surface area contributed by atoms with Crippen molar-refractivity contribution in [3.05, 3.63) is 23.2 Å². The molecule has 0 aromatic heterocycles. The molecule has 1 aromatic rings. The fourth-order valence-corrected chi connectivity index (χ4v) is 2.02. The van der Waals surface area contributed by atoms with Crippen molar-refractivity contribution in [2.24, 2.45) is 5.92 Å². The standard InChI is InChI=1S/C12H14ClNO3/c13-10-7-9(15)1-2-11(10)14-12(16)8-3-5-17-6-4-8/h1-2,7-8,15H,3-6H2,(H,14,16). The molecule has 1 aromatic carbocycles. The molecular formula is C12H14ClNO3. The van der Waals surface area contributed by atoms with Crippen LogP contribution < -0.4 is 5.32 Å². The second-order valence-electron chi connectivity index (χ2n) is 4.04. The number of phenolic OH excluding ortho intramolecular Hbond substituents is 1. The lowest BCUT2D eigenvalue weighted by Gasteiger charge is -2.21. The SMILES string of the molecule is O=C(Nc1ccc(O)cc1Cl)C1CCOCC1. The number of rotatable bonds is 2. The van der Waals surface area contributed by atoms with Crippen LogP contribution in [-0.4, -0.2) is 24.2 Å². The number of carbonyl (C=O) groups is 1. The molecule has 0 saturated carbocycles. The maximum absolute atomic E-state index is 11.9. The van der Waals surface area contributed by atoms with Gasteiger partial charge in [0.2, 0.25) is 5.91 Å². The van der Waals surface area contributed by atoms with Crippen molar-refractivity contribution in [3.63, 3.8) is 0 Å². The highest BCUT2D eigenvalue weighted by Gasteiger charge is 2.22. The van der Waals surface area contributed by atoms with Gasteiger partial charge >= 0.3 is 0 Å². The van der Waals surface area contributed by atoms with Crippen LogP contribution in [0, 0.1) is 5.92 Å². The predicted molar refractivity (Wildman–Crippen MR) is 65.3 cm³/mol. The number of nitrogens with one attached hydrogen (secondary N) is 1. The quantitative estimate of drug-likeness (QED) is 0.798. The van der Waals surface area contributed by atoms with E-state index in [1.807, 2.05) is 0 Å². The fourth-order valence-electron chi connectivity index (χ4n) is 1.80. The maximum Gasteiger partial charge on any atom is 0.227 e. The zero-order valence-corrected chi connectivity index (χ0v) is 10.0. The third-order valence-electron chi connectivity index (χ3n) is 2.80. The van der Waals surface area contributed by atoms with E-state index in [0.717, 1.165) is 12.8 Å². The normalized spacial score (nSPS) is 16.8. The molecule has 1 heterocycles.